The Morgan fingerprint density at radius 1 is 0.881 bits per heavy atom. The highest BCUT2D eigenvalue weighted by atomic mass is 16.6. The minimum absolute atomic E-state index is 0.0471. The van der Waals surface area contributed by atoms with E-state index in [2.05, 4.69) is 10.6 Å². The monoisotopic (exact) mass is 590 g/mol. The molecule has 4 atom stereocenters. The van der Waals surface area contributed by atoms with Crippen molar-refractivity contribution in [3.8, 4) is 0 Å². The van der Waals surface area contributed by atoms with Crippen molar-refractivity contribution in [2.75, 3.05) is 14.1 Å². The summed E-state index contributed by atoms with van der Waals surface area (Å²) < 4.78 is 10.8. The molecule has 0 aliphatic heterocycles. The molecule has 236 valence electrons. The molecule has 1 aromatic rings. The number of esters is 1. The van der Waals surface area contributed by atoms with E-state index in [-0.39, 0.29) is 24.3 Å². The number of hydrogen-bond donors (Lipinski definition) is 2. The zero-order chi connectivity index (χ0) is 32.4. The Labute approximate surface area is 250 Å². The van der Waals surface area contributed by atoms with Gasteiger partial charge in [0.25, 0.3) is 5.91 Å². The lowest BCUT2D eigenvalue weighted by atomic mass is 9.99. The number of likely N-dealkylation sites (N-methyl/N-ethyl adjacent to an activating group) is 2. The molecule has 0 saturated carbocycles. The van der Waals surface area contributed by atoms with E-state index in [0.717, 1.165) is 5.56 Å². The molecule has 1 rings (SSSR count). The van der Waals surface area contributed by atoms with E-state index in [4.69, 9.17) is 9.47 Å². The van der Waals surface area contributed by atoms with E-state index in [1.165, 1.54) is 25.8 Å². The summed E-state index contributed by atoms with van der Waals surface area (Å²) in [7, 11) is 3.10. The fraction of sp³-hybridized carbons (Fsp3) is 0.645. The van der Waals surface area contributed by atoms with E-state index in [1.807, 2.05) is 19.9 Å². The second kappa shape index (κ2) is 16.2. The summed E-state index contributed by atoms with van der Waals surface area (Å²) >= 11 is 0. The molecule has 11 heteroatoms. The molecule has 1 aromatic carbocycles. The van der Waals surface area contributed by atoms with Gasteiger partial charge in [-0.2, -0.15) is 0 Å². The van der Waals surface area contributed by atoms with Crippen molar-refractivity contribution < 1.29 is 33.4 Å². The van der Waals surface area contributed by atoms with Crippen molar-refractivity contribution in [2.45, 2.75) is 105 Å². The largest absolute Gasteiger partial charge is 0.459 e. The van der Waals surface area contributed by atoms with Gasteiger partial charge in [0, 0.05) is 7.05 Å². The molecular formula is C31H50N4O7. The van der Waals surface area contributed by atoms with Gasteiger partial charge in [-0.3, -0.25) is 14.4 Å². The molecule has 0 aliphatic carbocycles. The lowest BCUT2D eigenvalue weighted by molar-refractivity contribution is -0.157. The van der Waals surface area contributed by atoms with Crippen LogP contribution in [0.3, 0.4) is 0 Å². The summed E-state index contributed by atoms with van der Waals surface area (Å²) in [6.45, 7) is 15.3. The van der Waals surface area contributed by atoms with Crippen LogP contribution in [0.15, 0.2) is 30.3 Å². The number of imide groups is 1. The van der Waals surface area contributed by atoms with Crippen LogP contribution in [0.1, 0.15) is 74.3 Å². The van der Waals surface area contributed by atoms with E-state index >= 15 is 0 Å². The molecule has 0 unspecified atom stereocenters. The van der Waals surface area contributed by atoms with Crippen molar-refractivity contribution in [3.63, 3.8) is 0 Å². The fourth-order valence-corrected chi connectivity index (χ4v) is 4.08. The normalized spacial score (nSPS) is 14.4. The predicted molar refractivity (Wildman–Crippen MR) is 160 cm³/mol. The van der Waals surface area contributed by atoms with E-state index in [9.17, 15) is 24.0 Å². The quantitative estimate of drug-likeness (QED) is 0.334. The molecule has 0 heterocycles. The minimum Gasteiger partial charge on any atom is -0.459 e. The van der Waals surface area contributed by atoms with Gasteiger partial charge in [0.15, 0.2) is 0 Å². The summed E-state index contributed by atoms with van der Waals surface area (Å²) in [6, 6.07) is 5.06. The molecule has 4 amide bonds. The topological polar surface area (TPSA) is 134 Å². The number of rotatable bonds is 13. The van der Waals surface area contributed by atoms with E-state index in [0.29, 0.717) is 11.3 Å². The Morgan fingerprint density at radius 2 is 1.45 bits per heavy atom. The standard InChI is InChI=1S/C31H50N4O7/c1-19(2)17-24(32-10)26(36)33-25(20(3)4)28(38)34(11)21(5)27(37)35(30(40)42-31(7,8)9)22(6)29(39)41-18-23-15-13-12-14-16-23/h12-16,19-22,24-25,32H,17-18H2,1-11H3,(H,33,36)/t21-,22-,24-,25-/m0/s1. The first-order chi connectivity index (χ1) is 19.4. The van der Waals surface area contributed by atoms with Crippen molar-refractivity contribution in [3.05, 3.63) is 35.9 Å². The summed E-state index contributed by atoms with van der Waals surface area (Å²) in [6.07, 6.45) is -0.460. The SMILES string of the molecule is CN[C@@H](CC(C)C)C(=O)N[C@H](C(=O)N(C)[C@@H](C)C(=O)N(C(=O)OC(C)(C)C)[C@@H](C)C(=O)OCc1ccccc1)C(C)C. The smallest absolute Gasteiger partial charge is 0.417 e. The van der Waals surface area contributed by atoms with Crippen LogP contribution in [0.4, 0.5) is 4.79 Å². The average Bonchev–Trinajstić information content (AvgIpc) is 2.91. The van der Waals surface area contributed by atoms with Crippen LogP contribution in [0.25, 0.3) is 0 Å². The number of ether oxygens (including phenoxy) is 2. The molecule has 11 nitrogen and oxygen atoms in total. The summed E-state index contributed by atoms with van der Waals surface area (Å²) in [5.74, 6) is -2.52. The lowest BCUT2D eigenvalue weighted by Crippen LogP contribution is -2.59. The summed E-state index contributed by atoms with van der Waals surface area (Å²) in [4.78, 5) is 68.4. The first-order valence-corrected chi connectivity index (χ1v) is 14.4. The van der Waals surface area contributed by atoms with Gasteiger partial charge in [0.05, 0.1) is 6.04 Å². The molecule has 0 fully saturated rings. The molecule has 0 aliphatic rings. The van der Waals surface area contributed by atoms with Gasteiger partial charge in [-0.1, -0.05) is 58.0 Å². The summed E-state index contributed by atoms with van der Waals surface area (Å²) in [5.41, 5.74) is -0.219. The van der Waals surface area contributed by atoms with Gasteiger partial charge in [0.2, 0.25) is 11.8 Å². The molecule has 0 saturated heterocycles. The fourth-order valence-electron chi connectivity index (χ4n) is 4.08. The maximum absolute atomic E-state index is 13.8. The van der Waals surface area contributed by atoms with Gasteiger partial charge in [-0.05, 0) is 65.5 Å². The lowest BCUT2D eigenvalue weighted by Gasteiger charge is -2.35. The van der Waals surface area contributed by atoms with Gasteiger partial charge < -0.3 is 25.0 Å². The number of benzene rings is 1. The van der Waals surface area contributed by atoms with Gasteiger partial charge >= 0.3 is 12.1 Å². The van der Waals surface area contributed by atoms with Gasteiger partial charge in [-0.15, -0.1) is 0 Å². The van der Waals surface area contributed by atoms with Crippen LogP contribution in [-0.2, 0) is 35.3 Å². The highest BCUT2D eigenvalue weighted by molar-refractivity contribution is 6.01. The first kappa shape index (κ1) is 36.6. The molecule has 0 bridgehead atoms. The van der Waals surface area contributed by atoms with Crippen LogP contribution in [0.2, 0.25) is 0 Å². The van der Waals surface area contributed by atoms with Crippen LogP contribution >= 0.6 is 0 Å². The Balaban J connectivity index is 3.20. The highest BCUT2D eigenvalue weighted by Gasteiger charge is 2.41. The van der Waals surface area contributed by atoms with Crippen molar-refractivity contribution >= 4 is 29.8 Å². The van der Waals surface area contributed by atoms with Gasteiger partial charge in [0.1, 0.15) is 30.3 Å². The molecule has 0 spiro atoms. The molecular weight excluding hydrogens is 540 g/mol. The second-order valence-electron chi connectivity index (χ2n) is 12.3. The van der Waals surface area contributed by atoms with Crippen LogP contribution in [-0.4, -0.2) is 83.4 Å². The number of amides is 4. The zero-order valence-corrected chi connectivity index (χ0v) is 27.0. The highest BCUT2D eigenvalue weighted by Crippen LogP contribution is 2.18. The predicted octanol–water partition coefficient (Wildman–Crippen LogP) is 3.50. The van der Waals surface area contributed by atoms with Crippen molar-refractivity contribution in [2.24, 2.45) is 11.8 Å². The van der Waals surface area contributed by atoms with Crippen LogP contribution < -0.4 is 10.6 Å². The maximum atomic E-state index is 13.8. The third kappa shape index (κ3) is 11.1. The molecule has 42 heavy (non-hydrogen) atoms. The summed E-state index contributed by atoms with van der Waals surface area (Å²) in [5, 5.41) is 5.80. The third-order valence-corrected chi connectivity index (χ3v) is 6.67. The van der Waals surface area contributed by atoms with E-state index in [1.54, 1.807) is 65.9 Å². The second-order valence-corrected chi connectivity index (χ2v) is 12.3. The number of nitrogens with zero attached hydrogens (tertiary/aromatic N) is 2. The van der Waals surface area contributed by atoms with Crippen LogP contribution in [0.5, 0.6) is 0 Å². The molecule has 0 radical (unpaired) electrons. The Morgan fingerprint density at radius 3 is 1.93 bits per heavy atom. The number of carbonyl (C=O) groups excluding carboxylic acids is 5. The van der Waals surface area contributed by atoms with E-state index < -0.39 is 53.6 Å². The van der Waals surface area contributed by atoms with Crippen LogP contribution in [0, 0.1) is 11.8 Å². The molecule has 2 N–H and O–H groups in total. The Bertz CT molecular complexity index is 1070. The number of carbonyl (C=O) groups is 5. The Hall–Kier alpha value is -3.47. The third-order valence-electron chi connectivity index (χ3n) is 6.67. The zero-order valence-electron chi connectivity index (χ0n) is 27.0. The molecule has 0 aromatic heterocycles. The minimum atomic E-state index is -1.34. The van der Waals surface area contributed by atoms with Crippen molar-refractivity contribution in [1.82, 2.24) is 20.4 Å². The number of nitrogens with one attached hydrogen (secondary N) is 2. The van der Waals surface area contributed by atoms with Gasteiger partial charge in [-0.25, -0.2) is 14.5 Å². The Kier molecular flexibility index (Phi) is 14.1. The maximum Gasteiger partial charge on any atom is 0.417 e. The first-order valence-electron chi connectivity index (χ1n) is 14.4. The van der Waals surface area contributed by atoms with Crippen molar-refractivity contribution in [1.29, 1.82) is 0 Å². The average molecular weight is 591 g/mol. The number of hydrogen-bond acceptors (Lipinski definition) is 8.